The molecule has 0 aliphatic carbocycles. The number of carbonyl (C=O) groups excluding carboxylic acids is 2. The van der Waals surface area contributed by atoms with E-state index in [0.717, 1.165) is 12.8 Å². The van der Waals surface area contributed by atoms with Gasteiger partial charge in [0.15, 0.2) is 5.78 Å². The molecule has 3 heteroatoms. The molecule has 0 spiro atoms. The van der Waals surface area contributed by atoms with Gasteiger partial charge in [0.25, 0.3) is 0 Å². The lowest BCUT2D eigenvalue weighted by Gasteiger charge is -2.30. The number of carbonyl (C=O) groups is 2. The molecule has 0 N–H and O–H groups in total. The second-order valence-electron chi connectivity index (χ2n) is 5.56. The van der Waals surface area contributed by atoms with Crippen LogP contribution in [0.4, 0.5) is 0 Å². The lowest BCUT2D eigenvalue weighted by Crippen LogP contribution is -2.46. The van der Waals surface area contributed by atoms with Gasteiger partial charge >= 0.3 is 0 Å². The summed E-state index contributed by atoms with van der Waals surface area (Å²) >= 11 is 0. The largest absolute Gasteiger partial charge is 0.330 e. The van der Waals surface area contributed by atoms with Crippen molar-refractivity contribution in [2.75, 3.05) is 6.54 Å². The molecule has 92 valence electrons. The maximum Gasteiger partial charge on any atom is 0.223 e. The highest BCUT2D eigenvalue weighted by molar-refractivity contribution is 5.95. The van der Waals surface area contributed by atoms with Crippen LogP contribution in [0.1, 0.15) is 53.4 Å². The van der Waals surface area contributed by atoms with Crippen molar-refractivity contribution in [3.63, 3.8) is 0 Å². The Bertz CT molecular complexity index is 282. The number of hydrogen-bond acceptors (Lipinski definition) is 2. The van der Waals surface area contributed by atoms with Crippen LogP contribution in [0.3, 0.4) is 0 Å². The molecule has 1 fully saturated rings. The molecule has 0 bridgehead atoms. The Labute approximate surface area is 98.2 Å². The zero-order chi connectivity index (χ0) is 12.3. The Kier molecular flexibility index (Phi) is 4.11. The zero-order valence-corrected chi connectivity index (χ0v) is 10.9. The molecule has 0 aromatic rings. The van der Waals surface area contributed by atoms with E-state index in [9.17, 15) is 9.59 Å². The Morgan fingerprint density at radius 1 is 1.44 bits per heavy atom. The predicted molar refractivity (Wildman–Crippen MR) is 64.1 cm³/mol. The van der Waals surface area contributed by atoms with Gasteiger partial charge in [-0.3, -0.25) is 9.59 Å². The third kappa shape index (κ3) is 2.83. The van der Waals surface area contributed by atoms with Crippen LogP contribution < -0.4 is 0 Å². The van der Waals surface area contributed by atoms with Gasteiger partial charge in [-0.15, -0.1) is 0 Å². The van der Waals surface area contributed by atoms with Gasteiger partial charge in [0.1, 0.15) is 0 Å². The molecule has 3 nitrogen and oxygen atoms in total. The molecular weight excluding hydrogens is 202 g/mol. The first-order chi connectivity index (χ1) is 7.35. The van der Waals surface area contributed by atoms with E-state index in [2.05, 4.69) is 13.8 Å². The van der Waals surface area contributed by atoms with Crippen molar-refractivity contribution in [2.45, 2.75) is 58.9 Å². The van der Waals surface area contributed by atoms with E-state index in [4.69, 9.17) is 0 Å². The van der Waals surface area contributed by atoms with Crippen LogP contribution >= 0.6 is 0 Å². The molecule has 0 aromatic heterocycles. The van der Waals surface area contributed by atoms with Gasteiger partial charge in [-0.1, -0.05) is 20.3 Å². The molecule has 0 aromatic carbocycles. The highest BCUT2D eigenvalue weighted by Gasteiger charge is 2.42. The summed E-state index contributed by atoms with van der Waals surface area (Å²) in [7, 11) is 0. The topological polar surface area (TPSA) is 37.4 Å². The maximum atomic E-state index is 12.0. The Hall–Kier alpha value is -0.860. The minimum absolute atomic E-state index is 0.136. The van der Waals surface area contributed by atoms with E-state index in [1.54, 1.807) is 4.90 Å². The molecule has 1 rings (SSSR count). The van der Waals surface area contributed by atoms with Gasteiger partial charge in [0.2, 0.25) is 5.91 Å². The number of ketones is 1. The number of rotatable bonds is 4. The SMILES string of the molecule is CC(C)CCCC(=O)N1CCC(=O)C1(C)C. The van der Waals surface area contributed by atoms with E-state index in [0.29, 0.717) is 25.3 Å². The smallest absolute Gasteiger partial charge is 0.223 e. The van der Waals surface area contributed by atoms with E-state index in [1.807, 2.05) is 13.8 Å². The monoisotopic (exact) mass is 225 g/mol. The Balaban J connectivity index is 2.46. The number of hydrogen-bond donors (Lipinski definition) is 0. The first-order valence-corrected chi connectivity index (χ1v) is 6.19. The first-order valence-electron chi connectivity index (χ1n) is 6.19. The molecular formula is C13H23NO2. The van der Waals surface area contributed by atoms with Crippen LogP contribution in [0, 0.1) is 5.92 Å². The summed E-state index contributed by atoms with van der Waals surface area (Å²) in [5.74, 6) is 0.960. The molecule has 1 heterocycles. The van der Waals surface area contributed by atoms with Crippen LogP contribution in [0.25, 0.3) is 0 Å². The second-order valence-corrected chi connectivity index (χ2v) is 5.56. The minimum Gasteiger partial charge on any atom is -0.330 e. The van der Waals surface area contributed by atoms with Crippen molar-refractivity contribution in [2.24, 2.45) is 5.92 Å². The molecule has 16 heavy (non-hydrogen) atoms. The van der Waals surface area contributed by atoms with E-state index in [1.165, 1.54) is 0 Å². The minimum atomic E-state index is -0.574. The summed E-state index contributed by atoms with van der Waals surface area (Å²) in [6.07, 6.45) is 3.10. The third-order valence-electron chi connectivity index (χ3n) is 3.39. The molecule has 0 radical (unpaired) electrons. The Morgan fingerprint density at radius 2 is 2.06 bits per heavy atom. The summed E-state index contributed by atoms with van der Waals surface area (Å²) in [5, 5.41) is 0. The number of Topliss-reactive ketones (excluding diaryl/α,β-unsaturated/α-hetero) is 1. The van der Waals surface area contributed by atoms with Crippen LogP contribution in [0.15, 0.2) is 0 Å². The summed E-state index contributed by atoms with van der Waals surface area (Å²) in [5.41, 5.74) is -0.574. The van der Waals surface area contributed by atoms with Crippen LogP contribution in [0.5, 0.6) is 0 Å². The highest BCUT2D eigenvalue weighted by atomic mass is 16.2. The summed E-state index contributed by atoms with van der Waals surface area (Å²) < 4.78 is 0. The number of amides is 1. The lowest BCUT2D eigenvalue weighted by molar-refractivity contribution is -0.138. The molecule has 1 aliphatic rings. The third-order valence-corrected chi connectivity index (χ3v) is 3.39. The highest BCUT2D eigenvalue weighted by Crippen LogP contribution is 2.26. The van der Waals surface area contributed by atoms with Gasteiger partial charge in [-0.05, 0) is 26.2 Å². The maximum absolute atomic E-state index is 12.0. The molecule has 0 saturated carbocycles. The Morgan fingerprint density at radius 3 is 2.50 bits per heavy atom. The van der Waals surface area contributed by atoms with E-state index in [-0.39, 0.29) is 11.7 Å². The fourth-order valence-electron chi connectivity index (χ4n) is 2.18. The fourth-order valence-corrected chi connectivity index (χ4v) is 2.18. The average Bonchev–Trinajstić information content (AvgIpc) is 2.41. The van der Waals surface area contributed by atoms with Crippen molar-refractivity contribution in [1.29, 1.82) is 0 Å². The van der Waals surface area contributed by atoms with Gasteiger partial charge in [0, 0.05) is 19.4 Å². The molecule has 1 saturated heterocycles. The lowest BCUT2D eigenvalue weighted by atomic mass is 9.99. The van der Waals surface area contributed by atoms with Gasteiger partial charge in [-0.2, -0.15) is 0 Å². The molecule has 0 atom stereocenters. The summed E-state index contributed by atoms with van der Waals surface area (Å²) in [4.78, 5) is 25.3. The van der Waals surface area contributed by atoms with Crippen molar-refractivity contribution >= 4 is 11.7 Å². The van der Waals surface area contributed by atoms with Crippen molar-refractivity contribution < 1.29 is 9.59 Å². The van der Waals surface area contributed by atoms with Crippen LogP contribution in [-0.2, 0) is 9.59 Å². The number of likely N-dealkylation sites (tertiary alicyclic amines) is 1. The van der Waals surface area contributed by atoms with E-state index >= 15 is 0 Å². The van der Waals surface area contributed by atoms with Crippen LogP contribution in [0.2, 0.25) is 0 Å². The second kappa shape index (κ2) is 4.98. The fraction of sp³-hybridized carbons (Fsp3) is 0.846. The normalized spacial score (nSPS) is 19.6. The summed E-state index contributed by atoms with van der Waals surface area (Å²) in [6, 6.07) is 0. The first kappa shape index (κ1) is 13.2. The number of nitrogens with zero attached hydrogens (tertiary/aromatic N) is 1. The quantitative estimate of drug-likeness (QED) is 0.736. The van der Waals surface area contributed by atoms with Crippen molar-refractivity contribution in [3.8, 4) is 0 Å². The molecule has 0 unspecified atom stereocenters. The standard InChI is InChI=1S/C13H23NO2/c1-10(2)6-5-7-12(16)14-9-8-11(15)13(14,3)4/h10H,5-9H2,1-4H3. The van der Waals surface area contributed by atoms with Crippen LogP contribution in [-0.4, -0.2) is 28.7 Å². The predicted octanol–water partition coefficient (Wildman–Crippen LogP) is 2.39. The zero-order valence-electron chi connectivity index (χ0n) is 10.9. The summed E-state index contributed by atoms with van der Waals surface area (Å²) in [6.45, 7) is 8.62. The van der Waals surface area contributed by atoms with Gasteiger partial charge in [-0.25, -0.2) is 0 Å². The van der Waals surface area contributed by atoms with Gasteiger partial charge in [0.05, 0.1) is 5.54 Å². The molecule has 1 amide bonds. The van der Waals surface area contributed by atoms with Crippen molar-refractivity contribution in [1.82, 2.24) is 4.90 Å². The van der Waals surface area contributed by atoms with Gasteiger partial charge < -0.3 is 4.90 Å². The average molecular weight is 225 g/mol. The van der Waals surface area contributed by atoms with Crippen molar-refractivity contribution in [3.05, 3.63) is 0 Å². The molecule has 1 aliphatic heterocycles. The van der Waals surface area contributed by atoms with E-state index < -0.39 is 5.54 Å².